The molecule has 0 spiro atoms. The minimum Gasteiger partial charge on any atom is -0.330 e. The molecule has 0 aliphatic heterocycles. The van der Waals surface area contributed by atoms with Gasteiger partial charge in [0.2, 0.25) is 0 Å². The van der Waals surface area contributed by atoms with E-state index < -0.39 is 5.92 Å². The van der Waals surface area contributed by atoms with Crippen LogP contribution in [0.15, 0.2) is 24.3 Å². The molecule has 0 aliphatic rings. The van der Waals surface area contributed by atoms with Crippen LogP contribution in [0, 0.1) is 11.3 Å². The van der Waals surface area contributed by atoms with Crippen LogP contribution in [0.1, 0.15) is 37.9 Å². The molecule has 1 heterocycles. The third kappa shape index (κ3) is 2.50. The van der Waals surface area contributed by atoms with E-state index in [9.17, 15) is 10.1 Å². The zero-order valence-corrected chi connectivity index (χ0v) is 11.3. The average Bonchev–Trinajstić information content (AvgIpc) is 2.75. The van der Waals surface area contributed by atoms with E-state index in [0.29, 0.717) is 12.2 Å². The molecular weight excluding hydrogens is 238 g/mol. The largest absolute Gasteiger partial charge is 0.330 e. The molecule has 1 atom stereocenters. The topological polar surface area (TPSA) is 58.7 Å². The quantitative estimate of drug-likeness (QED) is 0.825. The molecule has 1 unspecified atom stereocenters. The van der Waals surface area contributed by atoms with Gasteiger partial charge < -0.3 is 4.57 Å². The first-order chi connectivity index (χ1) is 9.19. The summed E-state index contributed by atoms with van der Waals surface area (Å²) in [6.45, 7) is 2.03. The first-order valence-corrected chi connectivity index (χ1v) is 6.52. The number of ketones is 1. The Labute approximate surface area is 112 Å². The third-order valence-electron chi connectivity index (χ3n) is 3.31. The zero-order chi connectivity index (χ0) is 13.8. The molecule has 0 bridgehead atoms. The number of aromatic nitrogens is 2. The van der Waals surface area contributed by atoms with Crippen LogP contribution in [0.4, 0.5) is 0 Å². The summed E-state index contributed by atoms with van der Waals surface area (Å²) in [6, 6.07) is 9.76. The highest BCUT2D eigenvalue weighted by Crippen LogP contribution is 2.22. The van der Waals surface area contributed by atoms with Crippen molar-refractivity contribution in [2.24, 2.45) is 7.05 Å². The van der Waals surface area contributed by atoms with Crippen molar-refractivity contribution in [1.29, 1.82) is 5.26 Å². The fourth-order valence-electron chi connectivity index (χ4n) is 2.19. The second-order valence-corrected chi connectivity index (χ2v) is 4.65. The van der Waals surface area contributed by atoms with E-state index in [0.717, 1.165) is 23.9 Å². The number of hydrogen-bond donors (Lipinski definition) is 0. The number of imidazole rings is 1. The number of aryl methyl sites for hydroxylation is 1. The smallest absolute Gasteiger partial charge is 0.162 e. The van der Waals surface area contributed by atoms with Crippen molar-refractivity contribution in [2.45, 2.75) is 32.1 Å². The number of unbranched alkanes of at least 4 members (excludes halogenated alkanes) is 1. The van der Waals surface area contributed by atoms with Crippen LogP contribution in [0.5, 0.6) is 0 Å². The fourth-order valence-corrected chi connectivity index (χ4v) is 2.19. The van der Waals surface area contributed by atoms with Gasteiger partial charge in [-0.25, -0.2) is 4.98 Å². The molecule has 0 N–H and O–H groups in total. The Balaban J connectivity index is 2.39. The molecule has 0 amide bonds. The number of para-hydroxylation sites is 2. The number of carbonyl (C=O) groups is 1. The first kappa shape index (κ1) is 13.3. The summed E-state index contributed by atoms with van der Waals surface area (Å²) in [4.78, 5) is 16.5. The average molecular weight is 255 g/mol. The molecule has 0 aliphatic carbocycles. The van der Waals surface area contributed by atoms with Crippen molar-refractivity contribution >= 4 is 16.8 Å². The normalized spacial score (nSPS) is 12.3. The van der Waals surface area contributed by atoms with Gasteiger partial charge in [-0.3, -0.25) is 4.79 Å². The minimum absolute atomic E-state index is 0.0391. The molecule has 2 aromatic rings. The van der Waals surface area contributed by atoms with Crippen molar-refractivity contribution in [3.05, 3.63) is 30.1 Å². The Morgan fingerprint density at radius 1 is 1.47 bits per heavy atom. The maximum absolute atomic E-state index is 12.1. The van der Waals surface area contributed by atoms with Gasteiger partial charge in [-0.05, 0) is 18.6 Å². The lowest BCUT2D eigenvalue weighted by molar-refractivity contribution is -0.119. The summed E-state index contributed by atoms with van der Waals surface area (Å²) < 4.78 is 1.84. The van der Waals surface area contributed by atoms with Gasteiger partial charge in [0.15, 0.2) is 11.7 Å². The maximum Gasteiger partial charge on any atom is 0.162 e. The van der Waals surface area contributed by atoms with Crippen molar-refractivity contribution in [2.75, 3.05) is 0 Å². The van der Waals surface area contributed by atoms with Crippen LogP contribution in [-0.4, -0.2) is 15.3 Å². The number of carbonyl (C=O) groups excluding carboxylic acids is 1. The number of benzene rings is 1. The Bertz CT molecular complexity index is 636. The van der Waals surface area contributed by atoms with Gasteiger partial charge >= 0.3 is 0 Å². The lowest BCUT2D eigenvalue weighted by Crippen LogP contribution is -2.15. The van der Waals surface area contributed by atoms with E-state index in [1.165, 1.54) is 0 Å². The summed E-state index contributed by atoms with van der Waals surface area (Å²) >= 11 is 0. The highest BCUT2D eigenvalue weighted by atomic mass is 16.1. The number of fused-ring (bicyclic) bond motifs is 1. The fraction of sp³-hybridized carbons (Fsp3) is 0.400. The lowest BCUT2D eigenvalue weighted by Gasteiger charge is -2.08. The van der Waals surface area contributed by atoms with Crippen molar-refractivity contribution in [3.8, 4) is 6.07 Å². The molecule has 1 aromatic carbocycles. The standard InChI is InChI=1S/C15H17N3O/c1-3-4-9-14(19)11(10-16)15-17-12-7-5-6-8-13(12)18(15)2/h5-8,11H,3-4,9H2,1-2H3. The van der Waals surface area contributed by atoms with Crippen LogP contribution < -0.4 is 0 Å². The Kier molecular flexibility index (Phi) is 3.96. The highest BCUT2D eigenvalue weighted by molar-refractivity contribution is 5.89. The van der Waals surface area contributed by atoms with Crippen LogP contribution >= 0.6 is 0 Å². The van der Waals surface area contributed by atoms with Gasteiger partial charge in [0.05, 0.1) is 17.1 Å². The summed E-state index contributed by atoms with van der Waals surface area (Å²) in [6.07, 6.45) is 2.21. The number of rotatable bonds is 5. The predicted molar refractivity (Wildman–Crippen MR) is 73.6 cm³/mol. The molecule has 2 rings (SSSR count). The van der Waals surface area contributed by atoms with Crippen LogP contribution in [-0.2, 0) is 11.8 Å². The molecule has 0 radical (unpaired) electrons. The van der Waals surface area contributed by atoms with Gasteiger partial charge in [-0.15, -0.1) is 0 Å². The van der Waals surface area contributed by atoms with Crippen molar-refractivity contribution < 1.29 is 4.79 Å². The number of hydrogen-bond acceptors (Lipinski definition) is 3. The van der Waals surface area contributed by atoms with Crippen LogP contribution in [0.25, 0.3) is 11.0 Å². The van der Waals surface area contributed by atoms with Crippen LogP contribution in [0.3, 0.4) is 0 Å². The molecule has 0 fully saturated rings. The van der Waals surface area contributed by atoms with Crippen molar-refractivity contribution in [3.63, 3.8) is 0 Å². The number of Topliss-reactive ketones (excluding diaryl/α,β-unsaturated/α-hetero) is 1. The Hall–Kier alpha value is -2.15. The van der Waals surface area contributed by atoms with Gasteiger partial charge in [0.25, 0.3) is 0 Å². The maximum atomic E-state index is 12.1. The van der Waals surface area contributed by atoms with Gasteiger partial charge in [0.1, 0.15) is 5.82 Å². The van der Waals surface area contributed by atoms with E-state index in [1.807, 2.05) is 42.8 Å². The first-order valence-electron chi connectivity index (χ1n) is 6.52. The van der Waals surface area contributed by atoms with Gasteiger partial charge in [-0.1, -0.05) is 25.5 Å². The molecular formula is C15H17N3O. The van der Waals surface area contributed by atoms with E-state index in [4.69, 9.17) is 0 Å². The van der Waals surface area contributed by atoms with E-state index in [-0.39, 0.29) is 5.78 Å². The third-order valence-corrected chi connectivity index (χ3v) is 3.31. The SMILES string of the molecule is CCCCC(=O)C(C#N)c1nc2ccccc2n1C. The minimum atomic E-state index is -0.760. The predicted octanol–water partition coefficient (Wildman–Crippen LogP) is 2.94. The zero-order valence-electron chi connectivity index (χ0n) is 11.3. The van der Waals surface area contributed by atoms with E-state index in [2.05, 4.69) is 11.1 Å². The molecule has 19 heavy (non-hydrogen) atoms. The Morgan fingerprint density at radius 3 is 2.84 bits per heavy atom. The number of nitriles is 1. The van der Waals surface area contributed by atoms with Gasteiger partial charge in [0, 0.05) is 13.5 Å². The molecule has 4 heteroatoms. The molecule has 98 valence electrons. The molecule has 4 nitrogen and oxygen atoms in total. The summed E-state index contributed by atoms with van der Waals surface area (Å²) in [5, 5.41) is 9.27. The van der Waals surface area contributed by atoms with E-state index in [1.54, 1.807) is 0 Å². The van der Waals surface area contributed by atoms with Crippen LogP contribution in [0.2, 0.25) is 0 Å². The summed E-state index contributed by atoms with van der Waals surface area (Å²) in [5.41, 5.74) is 1.77. The second kappa shape index (κ2) is 5.66. The van der Waals surface area contributed by atoms with Gasteiger partial charge in [-0.2, -0.15) is 5.26 Å². The monoisotopic (exact) mass is 255 g/mol. The molecule has 1 aromatic heterocycles. The summed E-state index contributed by atoms with van der Waals surface area (Å²) in [5.74, 6) is -0.253. The van der Waals surface area contributed by atoms with E-state index >= 15 is 0 Å². The van der Waals surface area contributed by atoms with Crippen molar-refractivity contribution in [1.82, 2.24) is 9.55 Å². The second-order valence-electron chi connectivity index (χ2n) is 4.65. The summed E-state index contributed by atoms with van der Waals surface area (Å²) in [7, 11) is 1.85. The Morgan fingerprint density at radius 2 is 2.21 bits per heavy atom. The number of nitrogens with zero attached hydrogens (tertiary/aromatic N) is 3. The molecule has 0 saturated carbocycles. The lowest BCUT2D eigenvalue weighted by atomic mass is 10.0. The molecule has 0 saturated heterocycles. The highest BCUT2D eigenvalue weighted by Gasteiger charge is 2.24.